The molecule has 18 heavy (non-hydrogen) atoms. The van der Waals surface area contributed by atoms with Crippen LogP contribution in [0, 0.1) is 11.6 Å². The lowest BCUT2D eigenvalue weighted by Crippen LogP contribution is -2.44. The summed E-state index contributed by atoms with van der Waals surface area (Å²) in [5, 5.41) is 21.2. The second-order valence-electron chi connectivity index (χ2n) is 4.27. The van der Waals surface area contributed by atoms with E-state index in [0.29, 0.717) is 26.2 Å². The number of piperazine rings is 1. The Labute approximate surface area is 104 Å². The first kappa shape index (κ1) is 13.2. The maximum Gasteiger partial charge on any atom is 0.149 e. The molecule has 0 bridgehead atoms. The average Bonchev–Trinajstić information content (AvgIpc) is 2.38. The molecule has 0 spiro atoms. The van der Waals surface area contributed by atoms with Crippen LogP contribution in [0.25, 0.3) is 0 Å². The number of halogens is 2. The van der Waals surface area contributed by atoms with Crippen molar-refractivity contribution in [3.63, 3.8) is 0 Å². The van der Waals surface area contributed by atoms with Crippen molar-refractivity contribution in [1.29, 1.82) is 0 Å². The number of rotatable bonds is 3. The fraction of sp³-hybridized carbons (Fsp3) is 0.500. The van der Waals surface area contributed by atoms with Gasteiger partial charge in [-0.05, 0) is 17.7 Å². The quantitative estimate of drug-likeness (QED) is 0.734. The van der Waals surface area contributed by atoms with Crippen LogP contribution in [0.4, 0.5) is 14.5 Å². The Kier molecular flexibility index (Phi) is 4.11. The fourth-order valence-electron chi connectivity index (χ4n) is 2.07. The second kappa shape index (κ2) is 5.60. The molecule has 0 aromatic heterocycles. The van der Waals surface area contributed by atoms with Crippen molar-refractivity contribution in [2.45, 2.75) is 6.10 Å². The standard InChI is InChI=1S/C12H16F2N2O2/c13-9-5-8(11(18)7-17)6-10(14)12(9)16-3-1-15-2-4-16/h5-6,11,15,17-18H,1-4,7H2. The van der Waals surface area contributed by atoms with Crippen LogP contribution in [-0.2, 0) is 0 Å². The van der Waals surface area contributed by atoms with Crippen molar-refractivity contribution in [3.8, 4) is 0 Å². The molecule has 1 unspecified atom stereocenters. The minimum atomic E-state index is -1.26. The molecule has 1 heterocycles. The van der Waals surface area contributed by atoms with Gasteiger partial charge in [0.1, 0.15) is 23.4 Å². The zero-order chi connectivity index (χ0) is 13.1. The molecule has 1 aliphatic heterocycles. The van der Waals surface area contributed by atoms with Crippen molar-refractivity contribution in [2.75, 3.05) is 37.7 Å². The van der Waals surface area contributed by atoms with Gasteiger partial charge in [-0.2, -0.15) is 0 Å². The fourth-order valence-corrected chi connectivity index (χ4v) is 2.07. The molecule has 1 aromatic carbocycles. The summed E-state index contributed by atoms with van der Waals surface area (Å²) in [6.45, 7) is 1.87. The minimum absolute atomic E-state index is 0.0476. The largest absolute Gasteiger partial charge is 0.393 e. The topological polar surface area (TPSA) is 55.7 Å². The zero-order valence-corrected chi connectivity index (χ0v) is 9.87. The van der Waals surface area contributed by atoms with Gasteiger partial charge in [0.15, 0.2) is 0 Å². The molecule has 1 fully saturated rings. The Morgan fingerprint density at radius 1 is 1.22 bits per heavy atom. The number of nitrogens with one attached hydrogen (secondary N) is 1. The molecular formula is C12H16F2N2O2. The van der Waals surface area contributed by atoms with Crippen molar-refractivity contribution in [1.82, 2.24) is 5.32 Å². The van der Waals surface area contributed by atoms with Crippen molar-refractivity contribution < 1.29 is 19.0 Å². The van der Waals surface area contributed by atoms with Crippen LogP contribution in [0.1, 0.15) is 11.7 Å². The Bertz CT molecular complexity index is 400. The smallest absolute Gasteiger partial charge is 0.149 e. The molecule has 0 radical (unpaired) electrons. The predicted molar refractivity (Wildman–Crippen MR) is 63.5 cm³/mol. The SMILES string of the molecule is OCC(O)c1cc(F)c(N2CCNCC2)c(F)c1. The molecule has 1 atom stereocenters. The summed E-state index contributed by atoms with van der Waals surface area (Å²) in [7, 11) is 0. The molecule has 0 saturated carbocycles. The van der Waals surface area contributed by atoms with Crippen LogP contribution in [0.2, 0.25) is 0 Å². The number of nitrogens with zero attached hydrogens (tertiary/aromatic N) is 1. The molecule has 3 N–H and O–H groups in total. The highest BCUT2D eigenvalue weighted by atomic mass is 19.1. The van der Waals surface area contributed by atoms with Gasteiger partial charge in [0.05, 0.1) is 6.61 Å². The van der Waals surface area contributed by atoms with Gasteiger partial charge in [0.25, 0.3) is 0 Å². The lowest BCUT2D eigenvalue weighted by Gasteiger charge is -2.30. The number of anilines is 1. The van der Waals surface area contributed by atoms with E-state index in [-0.39, 0.29) is 11.3 Å². The summed E-state index contributed by atoms with van der Waals surface area (Å²) in [6.07, 6.45) is -1.26. The van der Waals surface area contributed by atoms with E-state index < -0.39 is 24.3 Å². The first-order valence-corrected chi connectivity index (χ1v) is 5.87. The van der Waals surface area contributed by atoms with Gasteiger partial charge < -0.3 is 20.4 Å². The molecule has 0 aliphatic carbocycles. The van der Waals surface area contributed by atoms with Gasteiger partial charge in [-0.25, -0.2) is 8.78 Å². The highest BCUT2D eigenvalue weighted by molar-refractivity contribution is 5.51. The zero-order valence-electron chi connectivity index (χ0n) is 9.87. The van der Waals surface area contributed by atoms with Gasteiger partial charge in [0, 0.05) is 26.2 Å². The maximum atomic E-state index is 13.9. The molecule has 1 aromatic rings. The first-order valence-electron chi connectivity index (χ1n) is 5.87. The highest BCUT2D eigenvalue weighted by Gasteiger charge is 2.21. The molecule has 6 heteroatoms. The van der Waals surface area contributed by atoms with Crippen LogP contribution in [0.5, 0.6) is 0 Å². The van der Waals surface area contributed by atoms with E-state index in [4.69, 9.17) is 5.11 Å². The third kappa shape index (κ3) is 2.60. The van der Waals surface area contributed by atoms with Crippen LogP contribution in [-0.4, -0.2) is 43.0 Å². The number of hydrogen-bond donors (Lipinski definition) is 3. The molecular weight excluding hydrogens is 242 g/mol. The Balaban J connectivity index is 2.31. The van der Waals surface area contributed by atoms with E-state index >= 15 is 0 Å². The average molecular weight is 258 g/mol. The number of aliphatic hydroxyl groups excluding tert-OH is 2. The van der Waals surface area contributed by atoms with E-state index in [9.17, 15) is 13.9 Å². The summed E-state index contributed by atoms with van der Waals surface area (Å²) >= 11 is 0. The van der Waals surface area contributed by atoms with Gasteiger partial charge in [-0.15, -0.1) is 0 Å². The van der Waals surface area contributed by atoms with Crippen molar-refractivity contribution >= 4 is 5.69 Å². The van der Waals surface area contributed by atoms with E-state index in [2.05, 4.69) is 5.32 Å². The Morgan fingerprint density at radius 3 is 2.28 bits per heavy atom. The monoisotopic (exact) mass is 258 g/mol. The second-order valence-corrected chi connectivity index (χ2v) is 4.27. The van der Waals surface area contributed by atoms with E-state index in [1.165, 1.54) is 0 Å². The van der Waals surface area contributed by atoms with Crippen molar-refractivity contribution in [2.24, 2.45) is 0 Å². The summed E-state index contributed by atoms with van der Waals surface area (Å²) in [4.78, 5) is 1.64. The summed E-state index contributed by atoms with van der Waals surface area (Å²) in [6, 6.07) is 2.14. The number of aliphatic hydroxyl groups is 2. The highest BCUT2D eigenvalue weighted by Crippen LogP contribution is 2.27. The van der Waals surface area contributed by atoms with Gasteiger partial charge in [-0.3, -0.25) is 0 Å². The van der Waals surface area contributed by atoms with Crippen LogP contribution in [0.15, 0.2) is 12.1 Å². The van der Waals surface area contributed by atoms with Crippen LogP contribution in [0.3, 0.4) is 0 Å². The first-order chi connectivity index (χ1) is 8.63. The molecule has 4 nitrogen and oxygen atoms in total. The molecule has 1 aliphatic rings. The van der Waals surface area contributed by atoms with Gasteiger partial charge in [0.2, 0.25) is 0 Å². The van der Waals surface area contributed by atoms with E-state index in [0.717, 1.165) is 12.1 Å². The van der Waals surface area contributed by atoms with Crippen molar-refractivity contribution in [3.05, 3.63) is 29.3 Å². The van der Waals surface area contributed by atoms with Crippen LogP contribution < -0.4 is 10.2 Å². The molecule has 2 rings (SSSR count). The van der Waals surface area contributed by atoms with E-state index in [1.54, 1.807) is 4.90 Å². The maximum absolute atomic E-state index is 13.9. The Morgan fingerprint density at radius 2 is 1.78 bits per heavy atom. The molecule has 100 valence electrons. The normalized spacial score (nSPS) is 17.9. The van der Waals surface area contributed by atoms with Gasteiger partial charge >= 0.3 is 0 Å². The third-order valence-corrected chi connectivity index (χ3v) is 3.03. The predicted octanol–water partition coefficient (Wildman–Crippen LogP) is 0.400. The number of hydrogen-bond acceptors (Lipinski definition) is 4. The summed E-state index contributed by atoms with van der Waals surface area (Å²) in [5.41, 5.74) is -0.0169. The lowest BCUT2D eigenvalue weighted by molar-refractivity contribution is 0.0951. The summed E-state index contributed by atoms with van der Waals surface area (Å²) in [5.74, 6) is -1.42. The lowest BCUT2D eigenvalue weighted by atomic mass is 10.1. The van der Waals surface area contributed by atoms with Gasteiger partial charge in [-0.1, -0.05) is 0 Å². The Hall–Kier alpha value is -1.24. The van der Waals surface area contributed by atoms with Crippen LogP contribution >= 0.6 is 0 Å². The third-order valence-electron chi connectivity index (χ3n) is 3.03. The summed E-state index contributed by atoms with van der Waals surface area (Å²) < 4.78 is 27.8. The minimum Gasteiger partial charge on any atom is -0.393 e. The number of benzene rings is 1. The molecule has 1 saturated heterocycles. The van der Waals surface area contributed by atoms with E-state index in [1.807, 2.05) is 0 Å². The molecule has 0 amide bonds.